The van der Waals surface area contributed by atoms with Crippen LogP contribution in [-0.2, 0) is 17.9 Å². The molecule has 110 valence electrons. The Labute approximate surface area is 119 Å². The van der Waals surface area contributed by atoms with Crippen LogP contribution in [0.3, 0.4) is 0 Å². The highest BCUT2D eigenvalue weighted by atomic mass is 19.1. The van der Waals surface area contributed by atoms with Crippen LogP contribution in [0.5, 0.6) is 0 Å². The van der Waals surface area contributed by atoms with Gasteiger partial charge in [0.05, 0.1) is 0 Å². The highest BCUT2D eigenvalue weighted by molar-refractivity contribution is 5.73. The second-order valence-electron chi connectivity index (χ2n) is 5.38. The first-order chi connectivity index (χ1) is 9.58. The molecule has 1 aliphatic rings. The third-order valence-electron chi connectivity index (χ3n) is 3.73. The molecule has 0 spiro atoms. The molecule has 5 heteroatoms. The molecule has 2 rings (SSSR count). The fraction of sp³-hybridized carbons (Fsp3) is 0.533. The lowest BCUT2D eigenvalue weighted by atomic mass is 10.0. The maximum Gasteiger partial charge on any atom is 0.217 e. The van der Waals surface area contributed by atoms with Crippen molar-refractivity contribution < 1.29 is 9.18 Å². The molecule has 1 aliphatic heterocycles. The second-order valence-corrected chi connectivity index (χ2v) is 5.38. The van der Waals surface area contributed by atoms with Gasteiger partial charge >= 0.3 is 0 Å². The number of hydrogen-bond acceptors (Lipinski definition) is 3. The van der Waals surface area contributed by atoms with Crippen LogP contribution in [-0.4, -0.2) is 29.9 Å². The molecule has 0 unspecified atom stereocenters. The number of nitrogens with one attached hydrogen (secondary N) is 1. The van der Waals surface area contributed by atoms with E-state index in [9.17, 15) is 9.18 Å². The van der Waals surface area contributed by atoms with Gasteiger partial charge in [-0.2, -0.15) is 0 Å². The molecule has 1 amide bonds. The van der Waals surface area contributed by atoms with Gasteiger partial charge in [0.1, 0.15) is 5.82 Å². The summed E-state index contributed by atoms with van der Waals surface area (Å²) in [7, 11) is 0. The molecule has 1 aromatic carbocycles. The summed E-state index contributed by atoms with van der Waals surface area (Å²) in [4.78, 5) is 13.3. The lowest BCUT2D eigenvalue weighted by Gasteiger charge is -2.32. The van der Waals surface area contributed by atoms with Gasteiger partial charge in [0.2, 0.25) is 5.91 Å². The first-order valence-corrected chi connectivity index (χ1v) is 7.05. The highest BCUT2D eigenvalue weighted by Gasteiger charge is 2.19. The van der Waals surface area contributed by atoms with E-state index in [1.54, 1.807) is 6.92 Å². The topological polar surface area (TPSA) is 58.4 Å². The van der Waals surface area contributed by atoms with E-state index in [0.29, 0.717) is 5.56 Å². The van der Waals surface area contributed by atoms with E-state index >= 15 is 0 Å². The van der Waals surface area contributed by atoms with E-state index in [-0.39, 0.29) is 24.3 Å². The highest BCUT2D eigenvalue weighted by Crippen LogP contribution is 2.16. The predicted molar refractivity (Wildman–Crippen MR) is 76.4 cm³/mol. The Morgan fingerprint density at radius 2 is 2.15 bits per heavy atom. The second kappa shape index (κ2) is 6.81. The molecule has 4 nitrogen and oxygen atoms in total. The van der Waals surface area contributed by atoms with Gasteiger partial charge in [0, 0.05) is 44.7 Å². The summed E-state index contributed by atoms with van der Waals surface area (Å²) in [6.07, 6.45) is 1.93. The number of piperidine rings is 1. The number of rotatable bonds is 4. The molecular formula is C15H22FN3O. The van der Waals surface area contributed by atoms with Crippen LogP contribution in [0.2, 0.25) is 0 Å². The molecule has 0 aliphatic carbocycles. The quantitative estimate of drug-likeness (QED) is 0.875. The van der Waals surface area contributed by atoms with Crippen molar-refractivity contribution in [2.75, 3.05) is 13.1 Å². The Balaban J connectivity index is 1.88. The monoisotopic (exact) mass is 279 g/mol. The zero-order valence-electron chi connectivity index (χ0n) is 11.9. The maximum atomic E-state index is 13.4. The van der Waals surface area contributed by atoms with Gasteiger partial charge in [-0.15, -0.1) is 0 Å². The van der Waals surface area contributed by atoms with Gasteiger partial charge in [-0.3, -0.25) is 9.69 Å². The molecule has 1 heterocycles. The van der Waals surface area contributed by atoms with Crippen molar-refractivity contribution >= 4 is 5.91 Å². The minimum atomic E-state index is -0.236. The van der Waals surface area contributed by atoms with Gasteiger partial charge in [-0.1, -0.05) is 12.1 Å². The number of amides is 1. The van der Waals surface area contributed by atoms with Gasteiger partial charge in [-0.25, -0.2) is 4.39 Å². The fourth-order valence-corrected chi connectivity index (χ4v) is 2.66. The van der Waals surface area contributed by atoms with Crippen LogP contribution in [0.1, 0.15) is 30.9 Å². The van der Waals surface area contributed by atoms with E-state index in [0.717, 1.165) is 38.0 Å². The molecule has 0 aromatic heterocycles. The summed E-state index contributed by atoms with van der Waals surface area (Å²) < 4.78 is 13.4. The zero-order valence-corrected chi connectivity index (χ0v) is 11.9. The minimum absolute atomic E-state index is 0.0366. The number of benzene rings is 1. The van der Waals surface area contributed by atoms with Crippen molar-refractivity contribution in [2.45, 2.75) is 38.9 Å². The molecule has 3 N–H and O–H groups in total. The number of hydrogen-bond donors (Lipinski definition) is 2. The number of nitrogens with zero attached hydrogens (tertiary/aromatic N) is 1. The van der Waals surface area contributed by atoms with Gasteiger partial charge < -0.3 is 11.1 Å². The lowest BCUT2D eigenvalue weighted by Crippen LogP contribution is -2.43. The van der Waals surface area contributed by atoms with Crippen molar-refractivity contribution in [2.24, 2.45) is 5.73 Å². The molecular weight excluding hydrogens is 257 g/mol. The molecule has 1 aromatic rings. The Morgan fingerprint density at radius 3 is 2.75 bits per heavy atom. The fourth-order valence-electron chi connectivity index (χ4n) is 2.66. The standard InChI is InChI=1S/C15H22FN3O/c1-11(20)18-14-4-6-19(7-5-14)10-12-2-3-15(16)13(8-12)9-17/h2-3,8,14H,4-7,9-10,17H2,1H3,(H,18,20). The molecule has 0 atom stereocenters. The summed E-state index contributed by atoms with van der Waals surface area (Å²) in [5.41, 5.74) is 7.18. The van der Waals surface area contributed by atoms with Crippen LogP contribution < -0.4 is 11.1 Å². The summed E-state index contributed by atoms with van der Waals surface area (Å²) in [5.74, 6) is -0.199. The van der Waals surface area contributed by atoms with Gasteiger partial charge in [0.15, 0.2) is 0 Å². The first-order valence-electron chi connectivity index (χ1n) is 7.05. The van der Waals surface area contributed by atoms with E-state index in [1.807, 2.05) is 12.1 Å². The number of carbonyl (C=O) groups is 1. The number of carbonyl (C=O) groups excluding carboxylic acids is 1. The Hall–Kier alpha value is -1.46. The maximum absolute atomic E-state index is 13.4. The van der Waals surface area contributed by atoms with Gasteiger partial charge in [0.25, 0.3) is 0 Å². The van der Waals surface area contributed by atoms with Crippen LogP contribution in [0.15, 0.2) is 18.2 Å². The predicted octanol–water partition coefficient (Wildman–Crippen LogP) is 1.38. The van der Waals surface area contributed by atoms with E-state index < -0.39 is 0 Å². The minimum Gasteiger partial charge on any atom is -0.354 e. The van der Waals surface area contributed by atoms with Crippen LogP contribution in [0.25, 0.3) is 0 Å². The molecule has 1 fully saturated rings. The average Bonchev–Trinajstić information content (AvgIpc) is 2.42. The van der Waals surface area contributed by atoms with Crippen molar-refractivity contribution in [3.05, 3.63) is 35.1 Å². The summed E-state index contributed by atoms with van der Waals surface area (Å²) in [6, 6.07) is 5.43. The molecule has 20 heavy (non-hydrogen) atoms. The van der Waals surface area contributed by atoms with Gasteiger partial charge in [-0.05, 0) is 24.5 Å². The molecule has 1 saturated heterocycles. The molecule has 0 saturated carbocycles. The molecule has 0 radical (unpaired) electrons. The smallest absolute Gasteiger partial charge is 0.217 e. The van der Waals surface area contributed by atoms with E-state index in [2.05, 4.69) is 10.2 Å². The summed E-state index contributed by atoms with van der Waals surface area (Å²) in [5, 5.41) is 2.96. The lowest BCUT2D eigenvalue weighted by molar-refractivity contribution is -0.119. The van der Waals surface area contributed by atoms with Crippen molar-refractivity contribution in [1.82, 2.24) is 10.2 Å². The third kappa shape index (κ3) is 4.02. The Bertz CT molecular complexity index is 470. The van der Waals surface area contributed by atoms with Crippen LogP contribution in [0, 0.1) is 5.82 Å². The number of halogens is 1. The SMILES string of the molecule is CC(=O)NC1CCN(Cc2ccc(F)c(CN)c2)CC1. The summed E-state index contributed by atoms with van der Waals surface area (Å²) >= 11 is 0. The third-order valence-corrected chi connectivity index (χ3v) is 3.73. The molecule has 0 bridgehead atoms. The Morgan fingerprint density at radius 1 is 1.45 bits per heavy atom. The Kier molecular flexibility index (Phi) is 5.09. The number of likely N-dealkylation sites (tertiary alicyclic amines) is 1. The van der Waals surface area contributed by atoms with Crippen LogP contribution in [0.4, 0.5) is 4.39 Å². The number of nitrogens with two attached hydrogens (primary N) is 1. The zero-order chi connectivity index (χ0) is 14.5. The van der Waals surface area contributed by atoms with Crippen molar-refractivity contribution in [3.63, 3.8) is 0 Å². The van der Waals surface area contributed by atoms with E-state index in [1.165, 1.54) is 6.07 Å². The van der Waals surface area contributed by atoms with Crippen molar-refractivity contribution in [1.29, 1.82) is 0 Å². The largest absolute Gasteiger partial charge is 0.354 e. The van der Waals surface area contributed by atoms with Crippen LogP contribution >= 0.6 is 0 Å². The first kappa shape index (κ1) is 14.9. The average molecular weight is 279 g/mol. The summed E-state index contributed by atoms with van der Waals surface area (Å²) in [6.45, 7) is 4.48. The van der Waals surface area contributed by atoms with Crippen molar-refractivity contribution in [3.8, 4) is 0 Å². The van der Waals surface area contributed by atoms with E-state index in [4.69, 9.17) is 5.73 Å². The normalized spacial score (nSPS) is 17.1.